The number of nitrogens with two attached hydrogens (primary N) is 1. The molecule has 7 heteroatoms. The van der Waals surface area contributed by atoms with Crippen LogP contribution in [-0.2, 0) is 22.6 Å². The highest BCUT2D eigenvalue weighted by Gasteiger charge is 2.15. The number of hydrogen-bond acceptors (Lipinski definition) is 4. The standard InChI is InChI=1S/C10H9NO2.C9H10N2O2/c12-10(13)5-7-6-11-9-4-2-1-3-8(7)9;10-4-6-1-2-8-7(3-6)11-9(12)5-13-8/h1-4,6,11H,5H2,(H,12,13);1-3H,4-5,10H2,(H,11,12). The molecule has 5 N–H and O–H groups in total. The van der Waals surface area contributed by atoms with Gasteiger partial charge in [-0.1, -0.05) is 24.3 Å². The van der Waals surface area contributed by atoms with Gasteiger partial charge in [0.15, 0.2) is 6.61 Å². The van der Waals surface area contributed by atoms with Crippen molar-refractivity contribution in [2.75, 3.05) is 11.9 Å². The lowest BCUT2D eigenvalue weighted by Crippen LogP contribution is -2.25. The van der Waals surface area contributed by atoms with Crippen molar-refractivity contribution < 1.29 is 19.4 Å². The molecule has 2 aromatic carbocycles. The first-order valence-corrected chi connectivity index (χ1v) is 8.09. The van der Waals surface area contributed by atoms with Gasteiger partial charge in [0.05, 0.1) is 12.1 Å². The van der Waals surface area contributed by atoms with Gasteiger partial charge in [-0.2, -0.15) is 0 Å². The molecule has 1 aromatic heterocycles. The van der Waals surface area contributed by atoms with Crippen LogP contribution < -0.4 is 15.8 Å². The second-order valence-corrected chi connectivity index (χ2v) is 5.80. The second kappa shape index (κ2) is 7.71. The summed E-state index contributed by atoms with van der Waals surface area (Å²) in [6.07, 6.45) is 1.82. The minimum atomic E-state index is -0.801. The topological polar surface area (TPSA) is 117 Å². The largest absolute Gasteiger partial charge is 0.482 e. The van der Waals surface area contributed by atoms with Crippen LogP contribution in [0.5, 0.6) is 5.75 Å². The van der Waals surface area contributed by atoms with E-state index in [1.54, 1.807) is 6.20 Å². The van der Waals surface area contributed by atoms with Gasteiger partial charge in [0, 0.05) is 23.6 Å². The van der Waals surface area contributed by atoms with Crippen molar-refractivity contribution in [1.82, 2.24) is 4.98 Å². The molecular weight excluding hydrogens is 334 g/mol. The predicted molar refractivity (Wildman–Crippen MR) is 98.1 cm³/mol. The molecule has 0 aliphatic carbocycles. The first-order valence-electron chi connectivity index (χ1n) is 8.09. The van der Waals surface area contributed by atoms with Crippen molar-refractivity contribution in [2.45, 2.75) is 13.0 Å². The zero-order chi connectivity index (χ0) is 18.5. The molecule has 26 heavy (non-hydrogen) atoms. The van der Waals surface area contributed by atoms with Gasteiger partial charge < -0.3 is 25.9 Å². The average molecular weight is 353 g/mol. The molecule has 0 bridgehead atoms. The summed E-state index contributed by atoms with van der Waals surface area (Å²) in [6.45, 7) is 0.554. The fraction of sp³-hybridized carbons (Fsp3) is 0.158. The van der Waals surface area contributed by atoms with E-state index >= 15 is 0 Å². The zero-order valence-corrected chi connectivity index (χ0v) is 14.0. The number of para-hydroxylation sites is 1. The highest BCUT2D eigenvalue weighted by molar-refractivity contribution is 5.95. The van der Waals surface area contributed by atoms with E-state index in [1.807, 2.05) is 42.5 Å². The number of anilines is 1. The molecule has 0 saturated carbocycles. The highest BCUT2D eigenvalue weighted by atomic mass is 16.5. The molecular formula is C19H19N3O4. The number of rotatable bonds is 3. The van der Waals surface area contributed by atoms with Gasteiger partial charge in [-0.15, -0.1) is 0 Å². The summed E-state index contributed by atoms with van der Waals surface area (Å²) in [4.78, 5) is 24.5. The lowest BCUT2D eigenvalue weighted by Gasteiger charge is -2.18. The van der Waals surface area contributed by atoms with Crippen LogP contribution in [0.4, 0.5) is 5.69 Å². The van der Waals surface area contributed by atoms with Crippen LogP contribution in [0.1, 0.15) is 11.1 Å². The van der Waals surface area contributed by atoms with Crippen LogP contribution >= 0.6 is 0 Å². The molecule has 0 spiro atoms. The Morgan fingerprint density at radius 1 is 1.23 bits per heavy atom. The third-order valence-electron chi connectivity index (χ3n) is 3.93. The molecule has 0 atom stereocenters. The Hall–Kier alpha value is -3.32. The Balaban J connectivity index is 0.000000151. The number of ether oxygens (including phenoxy) is 1. The van der Waals surface area contributed by atoms with E-state index in [0.717, 1.165) is 22.0 Å². The zero-order valence-electron chi connectivity index (χ0n) is 14.0. The number of aromatic amines is 1. The molecule has 0 radical (unpaired) electrons. The summed E-state index contributed by atoms with van der Waals surface area (Å²) >= 11 is 0. The van der Waals surface area contributed by atoms with Gasteiger partial charge in [-0.05, 0) is 29.3 Å². The normalized spacial score (nSPS) is 12.4. The minimum absolute atomic E-state index is 0.0734. The Morgan fingerprint density at radius 2 is 2.04 bits per heavy atom. The van der Waals surface area contributed by atoms with Crippen molar-refractivity contribution >= 4 is 28.5 Å². The number of nitrogens with one attached hydrogen (secondary N) is 2. The van der Waals surface area contributed by atoms with E-state index in [4.69, 9.17) is 15.6 Å². The van der Waals surface area contributed by atoms with Gasteiger partial charge in [0.2, 0.25) is 0 Å². The number of aliphatic carboxylic acids is 1. The number of hydrogen-bond donors (Lipinski definition) is 4. The molecule has 0 fully saturated rings. The number of aromatic nitrogens is 1. The Labute approximate surface area is 149 Å². The van der Waals surface area contributed by atoms with E-state index in [9.17, 15) is 9.59 Å². The molecule has 4 rings (SSSR count). The number of H-pyrrole nitrogens is 1. The van der Waals surface area contributed by atoms with Crippen LogP contribution in [-0.4, -0.2) is 28.6 Å². The van der Waals surface area contributed by atoms with Gasteiger partial charge in [-0.3, -0.25) is 9.59 Å². The number of carbonyl (C=O) groups is 2. The molecule has 2 heterocycles. The SMILES string of the molecule is NCc1ccc2c(c1)NC(=O)CO2.O=C(O)Cc1c[nH]c2ccccc12. The predicted octanol–water partition coefficient (Wildman–Crippen LogP) is 2.27. The Bertz CT molecular complexity index is 949. The Morgan fingerprint density at radius 3 is 2.81 bits per heavy atom. The first kappa shape index (κ1) is 17.5. The average Bonchev–Trinajstić information content (AvgIpc) is 3.04. The minimum Gasteiger partial charge on any atom is -0.482 e. The van der Waals surface area contributed by atoms with Crippen molar-refractivity contribution in [1.29, 1.82) is 0 Å². The van der Waals surface area contributed by atoms with Crippen LogP contribution in [0.2, 0.25) is 0 Å². The van der Waals surface area contributed by atoms with Crippen molar-refractivity contribution in [3.05, 3.63) is 59.8 Å². The maximum Gasteiger partial charge on any atom is 0.307 e. The highest BCUT2D eigenvalue weighted by Crippen LogP contribution is 2.28. The van der Waals surface area contributed by atoms with E-state index in [-0.39, 0.29) is 18.9 Å². The van der Waals surface area contributed by atoms with E-state index in [1.165, 1.54) is 0 Å². The second-order valence-electron chi connectivity index (χ2n) is 5.80. The van der Waals surface area contributed by atoms with Crippen molar-refractivity contribution in [3.63, 3.8) is 0 Å². The Kier molecular flexibility index (Phi) is 5.19. The molecule has 134 valence electrons. The van der Waals surface area contributed by atoms with Crippen molar-refractivity contribution in [3.8, 4) is 5.75 Å². The molecule has 0 unspecified atom stereocenters. The van der Waals surface area contributed by atoms with E-state index in [0.29, 0.717) is 18.0 Å². The molecule has 1 aliphatic rings. The maximum absolute atomic E-state index is 11.0. The van der Waals surface area contributed by atoms with Crippen LogP contribution in [0.3, 0.4) is 0 Å². The number of amides is 1. The van der Waals surface area contributed by atoms with Crippen LogP contribution in [0, 0.1) is 0 Å². The summed E-state index contributed by atoms with van der Waals surface area (Å²) < 4.78 is 5.18. The lowest BCUT2D eigenvalue weighted by molar-refractivity contribution is -0.136. The van der Waals surface area contributed by atoms with Gasteiger partial charge in [-0.25, -0.2) is 0 Å². The molecule has 1 aliphatic heterocycles. The number of benzene rings is 2. The monoisotopic (exact) mass is 353 g/mol. The van der Waals surface area contributed by atoms with Gasteiger partial charge in [0.1, 0.15) is 5.75 Å². The van der Waals surface area contributed by atoms with Gasteiger partial charge >= 0.3 is 5.97 Å². The quantitative estimate of drug-likeness (QED) is 0.576. The molecule has 0 saturated heterocycles. The smallest absolute Gasteiger partial charge is 0.307 e. The third kappa shape index (κ3) is 4.01. The summed E-state index contributed by atoms with van der Waals surface area (Å²) in [5.74, 6) is -0.219. The van der Waals surface area contributed by atoms with Crippen LogP contribution in [0.25, 0.3) is 10.9 Å². The number of carboxylic acid groups (broad SMARTS) is 1. The van der Waals surface area contributed by atoms with E-state index < -0.39 is 5.97 Å². The summed E-state index contributed by atoms with van der Waals surface area (Å²) in [5.41, 5.74) is 8.97. The molecule has 7 nitrogen and oxygen atoms in total. The van der Waals surface area contributed by atoms with Crippen molar-refractivity contribution in [2.24, 2.45) is 5.73 Å². The molecule has 3 aromatic rings. The maximum atomic E-state index is 11.0. The number of fused-ring (bicyclic) bond motifs is 2. The number of carboxylic acids is 1. The summed E-state index contributed by atoms with van der Waals surface area (Å²) in [5, 5.41) is 12.3. The summed E-state index contributed by atoms with van der Waals surface area (Å²) in [7, 11) is 0. The summed E-state index contributed by atoms with van der Waals surface area (Å²) in [6, 6.07) is 13.2. The fourth-order valence-corrected chi connectivity index (χ4v) is 2.70. The molecule has 1 amide bonds. The lowest BCUT2D eigenvalue weighted by atomic mass is 10.1. The first-order chi connectivity index (χ1) is 12.6. The number of carbonyl (C=O) groups excluding carboxylic acids is 1. The van der Waals surface area contributed by atoms with Gasteiger partial charge in [0.25, 0.3) is 5.91 Å². The third-order valence-corrected chi connectivity index (χ3v) is 3.93. The van der Waals surface area contributed by atoms with E-state index in [2.05, 4.69) is 10.3 Å². The van der Waals surface area contributed by atoms with Crippen LogP contribution in [0.15, 0.2) is 48.7 Å². The fourth-order valence-electron chi connectivity index (χ4n) is 2.70.